The molecule has 0 spiro atoms. The molecule has 1 aliphatic carbocycles. The number of hydrogen-bond donors (Lipinski definition) is 0. The summed E-state index contributed by atoms with van der Waals surface area (Å²) in [6.45, 7) is 3.13. The topological polar surface area (TPSA) is 55.8 Å². The molecule has 2 aromatic carbocycles. The Balaban J connectivity index is 1.52. The molecule has 0 radical (unpaired) electrons. The van der Waals surface area contributed by atoms with Crippen LogP contribution < -0.4 is 9.47 Å². The Morgan fingerprint density at radius 2 is 1.80 bits per heavy atom. The number of carbonyl (C=O) groups excluding carboxylic acids is 2. The number of halogens is 3. The van der Waals surface area contributed by atoms with Gasteiger partial charge in [-0.1, -0.05) is 64.5 Å². The van der Waals surface area contributed by atoms with Gasteiger partial charge in [-0.15, -0.1) is 0 Å². The fourth-order valence-corrected chi connectivity index (χ4v) is 5.86. The van der Waals surface area contributed by atoms with Crippen molar-refractivity contribution >= 4 is 68.1 Å². The molecule has 0 unspecified atom stereocenters. The second-order valence-electron chi connectivity index (χ2n) is 8.59. The Labute approximate surface area is 228 Å². The van der Waals surface area contributed by atoms with Gasteiger partial charge in [0.15, 0.2) is 11.5 Å². The highest BCUT2D eigenvalue weighted by atomic mass is 79.9. The van der Waals surface area contributed by atoms with E-state index in [2.05, 4.69) is 15.9 Å². The van der Waals surface area contributed by atoms with E-state index in [4.69, 9.17) is 32.7 Å². The molecule has 2 aliphatic rings. The van der Waals surface area contributed by atoms with Gasteiger partial charge in [0.05, 0.1) is 21.6 Å². The average molecular weight is 599 g/mol. The van der Waals surface area contributed by atoms with E-state index in [0.29, 0.717) is 45.5 Å². The molecule has 0 N–H and O–H groups in total. The Bertz CT molecular complexity index is 1150. The summed E-state index contributed by atoms with van der Waals surface area (Å²) in [5.41, 5.74) is 1.60. The van der Waals surface area contributed by atoms with Crippen molar-refractivity contribution in [3.05, 3.63) is 60.9 Å². The van der Waals surface area contributed by atoms with E-state index in [-0.39, 0.29) is 17.8 Å². The lowest BCUT2D eigenvalue weighted by Gasteiger charge is -2.25. The number of thioether (sulfide) groups is 1. The highest BCUT2D eigenvalue weighted by molar-refractivity contribution is 9.10. The minimum absolute atomic E-state index is 0.199. The van der Waals surface area contributed by atoms with Crippen LogP contribution in [0.15, 0.2) is 39.7 Å². The zero-order chi connectivity index (χ0) is 24.9. The van der Waals surface area contributed by atoms with Gasteiger partial charge in [-0.05, 0) is 78.9 Å². The van der Waals surface area contributed by atoms with Gasteiger partial charge in [-0.2, -0.15) is 0 Å². The maximum atomic E-state index is 13.0. The Morgan fingerprint density at radius 3 is 2.51 bits per heavy atom. The van der Waals surface area contributed by atoms with Gasteiger partial charge in [-0.3, -0.25) is 14.5 Å². The molecule has 2 amide bonds. The molecule has 1 saturated carbocycles. The molecular weight excluding hydrogens is 573 g/mol. The minimum atomic E-state index is -0.227. The Hall–Kier alpha value is -1.67. The molecule has 1 saturated heterocycles. The van der Waals surface area contributed by atoms with Crippen molar-refractivity contribution in [1.29, 1.82) is 0 Å². The molecule has 1 aliphatic heterocycles. The predicted octanol–water partition coefficient (Wildman–Crippen LogP) is 8.35. The Morgan fingerprint density at radius 1 is 1.06 bits per heavy atom. The second kappa shape index (κ2) is 12.0. The lowest BCUT2D eigenvalue weighted by molar-refractivity contribution is -0.123. The van der Waals surface area contributed by atoms with Gasteiger partial charge in [0.1, 0.15) is 6.61 Å². The first kappa shape index (κ1) is 26.4. The van der Waals surface area contributed by atoms with Crippen molar-refractivity contribution in [2.45, 2.75) is 45.6 Å². The van der Waals surface area contributed by atoms with Gasteiger partial charge in [0.25, 0.3) is 11.1 Å². The van der Waals surface area contributed by atoms with Crippen LogP contribution in [-0.4, -0.2) is 29.2 Å². The lowest BCUT2D eigenvalue weighted by atomic mass is 9.89. The van der Waals surface area contributed by atoms with Crippen LogP contribution in [0.4, 0.5) is 4.79 Å². The summed E-state index contributed by atoms with van der Waals surface area (Å²) in [5, 5.41) is 0.752. The minimum Gasteiger partial charge on any atom is -0.490 e. The van der Waals surface area contributed by atoms with Crippen molar-refractivity contribution in [3.8, 4) is 11.5 Å². The summed E-state index contributed by atoms with van der Waals surface area (Å²) in [5.74, 6) is 1.27. The van der Waals surface area contributed by atoms with Crippen LogP contribution in [0.1, 0.15) is 50.2 Å². The highest BCUT2D eigenvalue weighted by Gasteiger charge is 2.36. The van der Waals surface area contributed by atoms with Crippen LogP contribution in [-0.2, 0) is 11.4 Å². The standard InChI is InChI=1S/C26H26BrCl2NO4S/c1-2-33-22-11-18(19(27)13-23(22)34-15-17-8-9-20(28)21(29)10-17)12-24-25(31)30(26(32)35-24)14-16-6-4-3-5-7-16/h8-13,16H,2-7,14-15H2,1H3/b24-12+. The maximum absolute atomic E-state index is 13.0. The molecule has 2 fully saturated rings. The summed E-state index contributed by atoms with van der Waals surface area (Å²) < 4.78 is 12.5. The predicted molar refractivity (Wildman–Crippen MR) is 145 cm³/mol. The van der Waals surface area contributed by atoms with Crippen LogP contribution in [0.5, 0.6) is 11.5 Å². The van der Waals surface area contributed by atoms with E-state index >= 15 is 0 Å². The van der Waals surface area contributed by atoms with Crippen molar-refractivity contribution < 1.29 is 19.1 Å². The zero-order valence-corrected chi connectivity index (χ0v) is 23.2. The summed E-state index contributed by atoms with van der Waals surface area (Å²) in [6, 6.07) is 8.96. The van der Waals surface area contributed by atoms with Gasteiger partial charge in [0.2, 0.25) is 0 Å². The van der Waals surface area contributed by atoms with Gasteiger partial charge in [-0.25, -0.2) is 0 Å². The number of carbonyl (C=O) groups is 2. The maximum Gasteiger partial charge on any atom is 0.293 e. The molecule has 186 valence electrons. The summed E-state index contributed by atoms with van der Waals surface area (Å²) >= 11 is 16.7. The number of imide groups is 1. The molecule has 9 heteroatoms. The van der Waals surface area contributed by atoms with E-state index in [1.165, 1.54) is 24.2 Å². The number of amides is 2. The van der Waals surface area contributed by atoms with Gasteiger partial charge >= 0.3 is 0 Å². The quantitative estimate of drug-likeness (QED) is 0.286. The number of benzene rings is 2. The first-order valence-electron chi connectivity index (χ1n) is 11.6. The average Bonchev–Trinajstić information content (AvgIpc) is 3.10. The first-order chi connectivity index (χ1) is 16.9. The van der Waals surface area contributed by atoms with Crippen LogP contribution in [0.25, 0.3) is 6.08 Å². The molecule has 0 atom stereocenters. The van der Waals surface area contributed by atoms with E-state index < -0.39 is 0 Å². The molecule has 1 heterocycles. The molecular formula is C26H26BrCl2NO4S. The third kappa shape index (κ3) is 6.56. The van der Waals surface area contributed by atoms with Crippen molar-refractivity contribution in [2.75, 3.05) is 13.2 Å². The van der Waals surface area contributed by atoms with E-state index in [9.17, 15) is 9.59 Å². The van der Waals surface area contributed by atoms with Crippen LogP contribution in [0.2, 0.25) is 10.0 Å². The molecule has 2 aromatic rings. The third-order valence-corrected chi connectivity index (χ3v) is 8.40. The Kier molecular flexibility index (Phi) is 9.08. The van der Waals surface area contributed by atoms with Crippen LogP contribution in [0, 0.1) is 5.92 Å². The summed E-state index contributed by atoms with van der Waals surface area (Å²) in [4.78, 5) is 27.4. The molecule has 4 rings (SSSR count). The summed E-state index contributed by atoms with van der Waals surface area (Å²) in [7, 11) is 0. The smallest absolute Gasteiger partial charge is 0.293 e. The molecule has 0 bridgehead atoms. The molecule has 5 nitrogen and oxygen atoms in total. The molecule has 35 heavy (non-hydrogen) atoms. The normalized spacial score (nSPS) is 17.9. The second-order valence-corrected chi connectivity index (χ2v) is 11.2. The first-order valence-corrected chi connectivity index (χ1v) is 14.0. The number of nitrogens with zero attached hydrogens (tertiary/aromatic N) is 1. The van der Waals surface area contributed by atoms with E-state index in [1.54, 1.807) is 24.3 Å². The molecule has 0 aromatic heterocycles. The van der Waals surface area contributed by atoms with Crippen molar-refractivity contribution in [2.24, 2.45) is 5.92 Å². The third-order valence-electron chi connectivity index (χ3n) is 6.07. The monoisotopic (exact) mass is 597 g/mol. The zero-order valence-electron chi connectivity index (χ0n) is 19.3. The lowest BCUT2D eigenvalue weighted by Crippen LogP contribution is -2.34. The summed E-state index contributed by atoms with van der Waals surface area (Å²) in [6.07, 6.45) is 7.47. The number of hydrogen-bond acceptors (Lipinski definition) is 5. The van der Waals surface area contributed by atoms with Crippen molar-refractivity contribution in [1.82, 2.24) is 4.90 Å². The van der Waals surface area contributed by atoms with Gasteiger partial charge < -0.3 is 9.47 Å². The fourth-order valence-electron chi connectivity index (χ4n) is 4.26. The fraction of sp³-hybridized carbons (Fsp3) is 0.385. The van der Waals surface area contributed by atoms with Crippen molar-refractivity contribution in [3.63, 3.8) is 0 Å². The van der Waals surface area contributed by atoms with E-state index in [1.807, 2.05) is 19.1 Å². The highest BCUT2D eigenvalue weighted by Crippen LogP contribution is 2.39. The van der Waals surface area contributed by atoms with Gasteiger partial charge in [0, 0.05) is 11.0 Å². The largest absolute Gasteiger partial charge is 0.490 e. The van der Waals surface area contributed by atoms with Crippen LogP contribution >= 0.6 is 50.9 Å². The number of rotatable bonds is 8. The number of ether oxygens (including phenoxy) is 2. The van der Waals surface area contributed by atoms with Crippen LogP contribution in [0.3, 0.4) is 0 Å². The SMILES string of the molecule is CCOc1cc(/C=C2/SC(=O)N(CC3CCCCC3)C2=O)c(Br)cc1OCc1ccc(Cl)c(Cl)c1. The van der Waals surface area contributed by atoms with E-state index in [0.717, 1.165) is 40.2 Å².